The van der Waals surface area contributed by atoms with E-state index in [-0.39, 0.29) is 30.3 Å². The molecular formula is C16H25ClN2O2. The monoisotopic (exact) mass is 312 g/mol. The molecule has 2 unspecified atom stereocenters. The first-order valence-corrected chi connectivity index (χ1v) is 7.33. The van der Waals surface area contributed by atoms with E-state index in [9.17, 15) is 4.79 Å². The number of benzene rings is 1. The summed E-state index contributed by atoms with van der Waals surface area (Å²) >= 11 is 0. The van der Waals surface area contributed by atoms with Gasteiger partial charge in [-0.25, -0.2) is 0 Å². The van der Waals surface area contributed by atoms with Gasteiger partial charge in [-0.05, 0) is 37.5 Å². The number of amides is 1. The zero-order chi connectivity index (χ0) is 14.5. The van der Waals surface area contributed by atoms with Gasteiger partial charge in [0.15, 0.2) is 0 Å². The van der Waals surface area contributed by atoms with Crippen LogP contribution in [0.5, 0.6) is 5.75 Å². The Hall–Kier alpha value is -1.26. The standard InChI is InChI=1S/C16H24N2O2.ClH/c1-3-18(16(19)14-5-4-6-15(14)17)11-12-7-9-13(20-2)10-8-12;/h7-10,14-15H,3-6,11,17H2,1-2H3;1H. The van der Waals surface area contributed by atoms with E-state index < -0.39 is 0 Å². The summed E-state index contributed by atoms with van der Waals surface area (Å²) in [5.41, 5.74) is 7.16. The van der Waals surface area contributed by atoms with E-state index in [4.69, 9.17) is 10.5 Å². The van der Waals surface area contributed by atoms with Gasteiger partial charge in [-0.2, -0.15) is 0 Å². The van der Waals surface area contributed by atoms with Crippen molar-refractivity contribution in [3.63, 3.8) is 0 Å². The number of nitrogens with two attached hydrogens (primary N) is 1. The Morgan fingerprint density at radius 3 is 2.48 bits per heavy atom. The first kappa shape index (κ1) is 17.8. The second kappa shape index (κ2) is 8.25. The van der Waals surface area contributed by atoms with Crippen LogP contribution in [0.25, 0.3) is 0 Å². The number of ether oxygens (including phenoxy) is 1. The zero-order valence-electron chi connectivity index (χ0n) is 12.7. The highest BCUT2D eigenvalue weighted by atomic mass is 35.5. The van der Waals surface area contributed by atoms with E-state index in [0.717, 1.165) is 30.6 Å². The molecule has 1 saturated carbocycles. The SMILES string of the molecule is CCN(Cc1ccc(OC)cc1)C(=O)C1CCCC1N.Cl. The molecule has 21 heavy (non-hydrogen) atoms. The maximum Gasteiger partial charge on any atom is 0.227 e. The molecule has 118 valence electrons. The molecule has 1 fully saturated rings. The fourth-order valence-electron chi connectivity index (χ4n) is 2.83. The average molecular weight is 313 g/mol. The summed E-state index contributed by atoms with van der Waals surface area (Å²) in [5, 5.41) is 0. The van der Waals surface area contributed by atoms with Crippen molar-refractivity contribution < 1.29 is 9.53 Å². The summed E-state index contributed by atoms with van der Waals surface area (Å²) in [7, 11) is 1.65. The molecule has 0 aliphatic heterocycles. The van der Waals surface area contributed by atoms with E-state index in [1.165, 1.54) is 0 Å². The van der Waals surface area contributed by atoms with Gasteiger partial charge in [-0.15, -0.1) is 12.4 Å². The Bertz CT molecular complexity index is 450. The fraction of sp³-hybridized carbons (Fsp3) is 0.562. The van der Waals surface area contributed by atoms with Crippen LogP contribution in [0.4, 0.5) is 0 Å². The Kier molecular flexibility index (Phi) is 6.99. The fourth-order valence-corrected chi connectivity index (χ4v) is 2.83. The van der Waals surface area contributed by atoms with Crippen molar-refractivity contribution in [3.05, 3.63) is 29.8 Å². The summed E-state index contributed by atoms with van der Waals surface area (Å²) in [4.78, 5) is 14.4. The van der Waals surface area contributed by atoms with Gasteiger partial charge in [0.1, 0.15) is 5.75 Å². The molecule has 0 saturated heterocycles. The highest BCUT2D eigenvalue weighted by Gasteiger charge is 2.32. The minimum Gasteiger partial charge on any atom is -0.497 e. The molecular weight excluding hydrogens is 288 g/mol. The van der Waals surface area contributed by atoms with E-state index in [2.05, 4.69) is 0 Å². The molecule has 4 nitrogen and oxygen atoms in total. The predicted molar refractivity (Wildman–Crippen MR) is 86.6 cm³/mol. The lowest BCUT2D eigenvalue weighted by atomic mass is 10.0. The van der Waals surface area contributed by atoms with Crippen molar-refractivity contribution in [3.8, 4) is 5.75 Å². The predicted octanol–water partition coefficient (Wildman–Crippen LogP) is 2.59. The largest absolute Gasteiger partial charge is 0.497 e. The topological polar surface area (TPSA) is 55.6 Å². The minimum absolute atomic E-state index is 0. The number of methoxy groups -OCH3 is 1. The molecule has 0 heterocycles. The quantitative estimate of drug-likeness (QED) is 0.909. The van der Waals surface area contributed by atoms with Gasteiger partial charge in [0.25, 0.3) is 0 Å². The van der Waals surface area contributed by atoms with Gasteiger partial charge in [0, 0.05) is 19.1 Å². The summed E-state index contributed by atoms with van der Waals surface area (Å²) < 4.78 is 5.15. The van der Waals surface area contributed by atoms with E-state index in [0.29, 0.717) is 13.1 Å². The Morgan fingerprint density at radius 1 is 1.33 bits per heavy atom. The zero-order valence-corrected chi connectivity index (χ0v) is 13.6. The molecule has 1 amide bonds. The maximum absolute atomic E-state index is 12.5. The summed E-state index contributed by atoms with van der Waals surface area (Å²) in [6.45, 7) is 3.37. The lowest BCUT2D eigenvalue weighted by molar-refractivity contribution is -0.136. The van der Waals surface area contributed by atoms with Crippen molar-refractivity contribution >= 4 is 18.3 Å². The van der Waals surface area contributed by atoms with E-state index >= 15 is 0 Å². The Balaban J connectivity index is 0.00000220. The van der Waals surface area contributed by atoms with Gasteiger partial charge in [0.2, 0.25) is 5.91 Å². The summed E-state index contributed by atoms with van der Waals surface area (Å²) in [6.07, 6.45) is 2.97. The van der Waals surface area contributed by atoms with Crippen LogP contribution >= 0.6 is 12.4 Å². The second-order valence-electron chi connectivity index (χ2n) is 5.40. The molecule has 1 aliphatic rings. The lowest BCUT2D eigenvalue weighted by Gasteiger charge is -2.26. The first-order chi connectivity index (χ1) is 9.65. The molecule has 0 spiro atoms. The number of rotatable bonds is 5. The Morgan fingerprint density at radius 2 is 2.00 bits per heavy atom. The number of hydrogen-bond acceptors (Lipinski definition) is 3. The van der Waals surface area contributed by atoms with Crippen molar-refractivity contribution in [1.29, 1.82) is 0 Å². The van der Waals surface area contributed by atoms with Crippen molar-refractivity contribution in [1.82, 2.24) is 4.90 Å². The molecule has 0 aromatic heterocycles. The van der Waals surface area contributed by atoms with Crippen LogP contribution < -0.4 is 10.5 Å². The van der Waals surface area contributed by atoms with Crippen LogP contribution in [0.3, 0.4) is 0 Å². The van der Waals surface area contributed by atoms with Crippen LogP contribution in [0, 0.1) is 5.92 Å². The third kappa shape index (κ3) is 4.35. The smallest absolute Gasteiger partial charge is 0.227 e. The van der Waals surface area contributed by atoms with Crippen LogP contribution in [0.1, 0.15) is 31.7 Å². The van der Waals surface area contributed by atoms with Gasteiger partial charge in [-0.3, -0.25) is 4.79 Å². The van der Waals surface area contributed by atoms with Crippen LogP contribution in [-0.2, 0) is 11.3 Å². The minimum atomic E-state index is 0. The number of halogens is 1. The molecule has 0 bridgehead atoms. The molecule has 5 heteroatoms. The number of carbonyl (C=O) groups is 1. The maximum atomic E-state index is 12.5. The normalized spacial score (nSPS) is 20.7. The number of carbonyl (C=O) groups excluding carboxylic acids is 1. The second-order valence-corrected chi connectivity index (χ2v) is 5.40. The van der Waals surface area contributed by atoms with Gasteiger partial charge in [-0.1, -0.05) is 18.6 Å². The van der Waals surface area contributed by atoms with Crippen molar-refractivity contribution in [2.75, 3.05) is 13.7 Å². The summed E-state index contributed by atoms with van der Waals surface area (Å²) in [6, 6.07) is 7.89. The van der Waals surface area contributed by atoms with Crippen LogP contribution in [0.15, 0.2) is 24.3 Å². The van der Waals surface area contributed by atoms with Gasteiger partial charge in [0.05, 0.1) is 13.0 Å². The molecule has 2 atom stereocenters. The molecule has 2 rings (SSSR count). The lowest BCUT2D eigenvalue weighted by Crippen LogP contribution is -2.41. The highest BCUT2D eigenvalue weighted by molar-refractivity contribution is 5.85. The van der Waals surface area contributed by atoms with E-state index in [1.807, 2.05) is 36.1 Å². The average Bonchev–Trinajstić information content (AvgIpc) is 2.91. The molecule has 1 aromatic rings. The number of hydrogen-bond donors (Lipinski definition) is 1. The van der Waals surface area contributed by atoms with Crippen LogP contribution in [0.2, 0.25) is 0 Å². The van der Waals surface area contributed by atoms with E-state index in [1.54, 1.807) is 7.11 Å². The van der Waals surface area contributed by atoms with Gasteiger partial charge >= 0.3 is 0 Å². The van der Waals surface area contributed by atoms with Crippen molar-refractivity contribution in [2.24, 2.45) is 11.7 Å². The number of nitrogens with zero attached hydrogens (tertiary/aromatic N) is 1. The highest BCUT2D eigenvalue weighted by Crippen LogP contribution is 2.26. The molecule has 1 aliphatic carbocycles. The van der Waals surface area contributed by atoms with Crippen LogP contribution in [-0.4, -0.2) is 30.5 Å². The third-order valence-corrected chi connectivity index (χ3v) is 4.11. The molecule has 2 N–H and O–H groups in total. The molecule has 1 aromatic carbocycles. The molecule has 0 radical (unpaired) electrons. The Labute approximate surface area is 133 Å². The summed E-state index contributed by atoms with van der Waals surface area (Å²) in [5.74, 6) is 1.04. The third-order valence-electron chi connectivity index (χ3n) is 4.11. The first-order valence-electron chi connectivity index (χ1n) is 7.33. The van der Waals surface area contributed by atoms with Crippen molar-refractivity contribution in [2.45, 2.75) is 38.8 Å². The van der Waals surface area contributed by atoms with Gasteiger partial charge < -0.3 is 15.4 Å².